The summed E-state index contributed by atoms with van der Waals surface area (Å²) in [5.74, 6) is -0.0171. The number of rotatable bonds is 6. The molecular weight excluding hydrogens is 412 g/mol. The van der Waals surface area contributed by atoms with Crippen LogP contribution in [0.25, 0.3) is 11.3 Å². The van der Waals surface area contributed by atoms with Crippen molar-refractivity contribution in [2.75, 3.05) is 39.4 Å². The number of halogens is 1. The van der Waals surface area contributed by atoms with Crippen LogP contribution in [0.5, 0.6) is 0 Å². The molecule has 1 aromatic heterocycles. The van der Waals surface area contributed by atoms with Crippen molar-refractivity contribution in [2.24, 2.45) is 0 Å². The first-order valence-corrected chi connectivity index (χ1v) is 11.1. The van der Waals surface area contributed by atoms with E-state index >= 15 is 0 Å². The van der Waals surface area contributed by atoms with E-state index in [-0.39, 0.29) is 11.9 Å². The van der Waals surface area contributed by atoms with Crippen LogP contribution >= 0.6 is 11.6 Å². The third-order valence-electron chi connectivity index (χ3n) is 6.09. The maximum Gasteiger partial charge on any atom is 0.273 e. The molecule has 31 heavy (non-hydrogen) atoms. The Hall–Kier alpha value is -2.67. The Morgan fingerprint density at radius 1 is 1.03 bits per heavy atom. The Balaban J connectivity index is 1.48. The second-order valence-electron chi connectivity index (χ2n) is 7.96. The molecule has 1 unspecified atom stereocenters. The number of ether oxygens (including phenoxy) is 1. The number of carbonyl (C=O) groups is 1. The lowest BCUT2D eigenvalue weighted by Crippen LogP contribution is -2.38. The Morgan fingerprint density at radius 2 is 1.77 bits per heavy atom. The molecule has 0 saturated carbocycles. The smallest absolute Gasteiger partial charge is 0.273 e. The quantitative estimate of drug-likeness (QED) is 0.634. The van der Waals surface area contributed by atoms with Gasteiger partial charge in [0.1, 0.15) is 5.69 Å². The Bertz CT molecular complexity index is 1060. The lowest BCUT2D eigenvalue weighted by molar-refractivity contribution is 0.0354. The summed E-state index contributed by atoms with van der Waals surface area (Å²) in [6.45, 7) is 5.05. The van der Waals surface area contributed by atoms with Crippen molar-refractivity contribution in [2.45, 2.75) is 12.5 Å². The SMILES string of the molecule is O=C1c2[nH]nc(-c3ccccc3)c2C(c2ccccc2Cl)N1CCCN1CCOCC1. The van der Waals surface area contributed by atoms with Gasteiger partial charge in [-0.05, 0) is 18.1 Å². The monoisotopic (exact) mass is 436 g/mol. The van der Waals surface area contributed by atoms with Gasteiger partial charge in [0.2, 0.25) is 0 Å². The van der Waals surface area contributed by atoms with Crippen molar-refractivity contribution in [3.8, 4) is 11.3 Å². The van der Waals surface area contributed by atoms with Crippen molar-refractivity contribution in [3.05, 3.63) is 76.4 Å². The number of aromatic amines is 1. The number of H-pyrrole nitrogens is 1. The molecule has 1 amide bonds. The molecule has 1 saturated heterocycles. The zero-order valence-corrected chi connectivity index (χ0v) is 18.0. The highest BCUT2D eigenvalue weighted by Gasteiger charge is 2.42. The standard InChI is InChI=1S/C24H25ClN4O2/c25-19-10-5-4-9-18(19)23-20-21(17-7-2-1-3-8-17)26-27-22(20)24(30)29(23)12-6-11-28-13-15-31-16-14-28/h1-5,7-10,23H,6,11-16H2,(H,26,27). The van der Waals surface area contributed by atoms with Gasteiger partial charge in [0, 0.05) is 42.3 Å². The minimum Gasteiger partial charge on any atom is -0.379 e. The third-order valence-corrected chi connectivity index (χ3v) is 6.43. The first kappa shape index (κ1) is 20.2. The van der Waals surface area contributed by atoms with Gasteiger partial charge in [-0.1, -0.05) is 60.1 Å². The van der Waals surface area contributed by atoms with E-state index in [2.05, 4.69) is 15.1 Å². The van der Waals surface area contributed by atoms with Gasteiger partial charge >= 0.3 is 0 Å². The van der Waals surface area contributed by atoms with Crippen molar-refractivity contribution >= 4 is 17.5 Å². The third kappa shape index (κ3) is 3.87. The largest absolute Gasteiger partial charge is 0.379 e. The number of fused-ring (bicyclic) bond motifs is 1. The number of hydrogen-bond donors (Lipinski definition) is 1. The summed E-state index contributed by atoms with van der Waals surface area (Å²) >= 11 is 6.61. The molecule has 1 N–H and O–H groups in total. The predicted octanol–water partition coefficient (Wildman–Crippen LogP) is 4.00. The van der Waals surface area contributed by atoms with E-state index in [1.807, 2.05) is 59.5 Å². The molecule has 7 heteroatoms. The highest BCUT2D eigenvalue weighted by Crippen LogP contribution is 2.44. The van der Waals surface area contributed by atoms with Crippen molar-refractivity contribution in [3.63, 3.8) is 0 Å². The van der Waals surface area contributed by atoms with Crippen LogP contribution in [0, 0.1) is 0 Å². The van der Waals surface area contributed by atoms with E-state index < -0.39 is 0 Å². The maximum atomic E-state index is 13.4. The fourth-order valence-corrected chi connectivity index (χ4v) is 4.79. The second kappa shape index (κ2) is 8.83. The van der Waals surface area contributed by atoms with Gasteiger partial charge in [-0.2, -0.15) is 5.10 Å². The van der Waals surface area contributed by atoms with Crippen molar-refractivity contribution in [1.29, 1.82) is 0 Å². The minimum atomic E-state index is -0.255. The number of nitrogens with one attached hydrogen (secondary N) is 1. The molecule has 2 aromatic carbocycles. The molecule has 0 radical (unpaired) electrons. The van der Waals surface area contributed by atoms with Crippen LogP contribution < -0.4 is 0 Å². The van der Waals surface area contributed by atoms with Crippen LogP contribution in [0.3, 0.4) is 0 Å². The summed E-state index contributed by atoms with van der Waals surface area (Å²) in [5.41, 5.74) is 4.21. The number of amides is 1. The first-order valence-electron chi connectivity index (χ1n) is 10.7. The number of hydrogen-bond acceptors (Lipinski definition) is 4. The summed E-state index contributed by atoms with van der Waals surface area (Å²) < 4.78 is 5.44. The molecule has 3 aromatic rings. The van der Waals surface area contributed by atoms with Gasteiger partial charge in [-0.25, -0.2) is 0 Å². The molecule has 6 nitrogen and oxygen atoms in total. The lowest BCUT2D eigenvalue weighted by atomic mass is 9.96. The molecule has 0 spiro atoms. The molecule has 2 aliphatic heterocycles. The van der Waals surface area contributed by atoms with Gasteiger partial charge in [-0.15, -0.1) is 0 Å². The number of carbonyl (C=O) groups excluding carboxylic acids is 1. The zero-order chi connectivity index (χ0) is 21.2. The van der Waals surface area contributed by atoms with Crippen LogP contribution in [0.2, 0.25) is 5.02 Å². The van der Waals surface area contributed by atoms with Crippen LogP contribution in [0.1, 0.15) is 34.1 Å². The van der Waals surface area contributed by atoms with E-state index in [9.17, 15) is 4.79 Å². The molecular formula is C24H25ClN4O2. The number of morpholine rings is 1. The summed E-state index contributed by atoms with van der Waals surface area (Å²) in [7, 11) is 0. The summed E-state index contributed by atoms with van der Waals surface area (Å²) in [5, 5.41) is 8.19. The molecule has 2 aliphatic rings. The Morgan fingerprint density at radius 3 is 2.55 bits per heavy atom. The number of benzene rings is 2. The fraction of sp³-hybridized carbons (Fsp3) is 0.333. The highest BCUT2D eigenvalue weighted by molar-refractivity contribution is 6.31. The average molecular weight is 437 g/mol. The van der Waals surface area contributed by atoms with Gasteiger partial charge in [-0.3, -0.25) is 14.8 Å². The Kier molecular flexibility index (Phi) is 5.76. The van der Waals surface area contributed by atoms with Crippen molar-refractivity contribution < 1.29 is 9.53 Å². The first-order chi connectivity index (χ1) is 15.2. The lowest BCUT2D eigenvalue weighted by Gasteiger charge is -2.30. The molecule has 1 fully saturated rings. The summed E-state index contributed by atoms with van der Waals surface area (Å²) in [6, 6.07) is 17.5. The van der Waals surface area contributed by atoms with Gasteiger partial charge in [0.15, 0.2) is 0 Å². The van der Waals surface area contributed by atoms with Gasteiger partial charge in [0.05, 0.1) is 24.9 Å². The van der Waals surface area contributed by atoms with E-state index in [0.717, 1.165) is 61.7 Å². The number of aromatic nitrogens is 2. The van der Waals surface area contributed by atoms with E-state index in [0.29, 0.717) is 17.3 Å². The zero-order valence-electron chi connectivity index (χ0n) is 17.3. The molecule has 1 atom stereocenters. The second-order valence-corrected chi connectivity index (χ2v) is 8.36. The minimum absolute atomic E-state index is 0.0171. The van der Waals surface area contributed by atoms with E-state index in [1.54, 1.807) is 0 Å². The molecule has 160 valence electrons. The van der Waals surface area contributed by atoms with Crippen LogP contribution in [-0.2, 0) is 4.74 Å². The summed E-state index contributed by atoms with van der Waals surface area (Å²) in [6.07, 6.45) is 0.894. The Labute approximate surface area is 186 Å². The van der Waals surface area contributed by atoms with E-state index in [4.69, 9.17) is 16.3 Å². The average Bonchev–Trinajstić information content (AvgIpc) is 3.35. The molecule has 0 aliphatic carbocycles. The van der Waals surface area contributed by atoms with Crippen LogP contribution in [0.4, 0.5) is 0 Å². The van der Waals surface area contributed by atoms with Gasteiger partial charge < -0.3 is 9.64 Å². The topological polar surface area (TPSA) is 61.5 Å². The van der Waals surface area contributed by atoms with E-state index in [1.165, 1.54) is 0 Å². The maximum absolute atomic E-state index is 13.4. The fourth-order valence-electron chi connectivity index (χ4n) is 4.55. The van der Waals surface area contributed by atoms with Crippen molar-refractivity contribution in [1.82, 2.24) is 20.0 Å². The van der Waals surface area contributed by atoms with Crippen LogP contribution in [-0.4, -0.2) is 65.3 Å². The number of nitrogens with zero attached hydrogens (tertiary/aromatic N) is 3. The molecule has 3 heterocycles. The predicted molar refractivity (Wildman–Crippen MR) is 120 cm³/mol. The summed E-state index contributed by atoms with van der Waals surface area (Å²) in [4.78, 5) is 17.7. The molecule has 5 rings (SSSR count). The molecule has 0 bridgehead atoms. The van der Waals surface area contributed by atoms with Crippen LogP contribution in [0.15, 0.2) is 54.6 Å². The normalized spacial score (nSPS) is 19.1. The van der Waals surface area contributed by atoms with Gasteiger partial charge in [0.25, 0.3) is 5.91 Å². The highest BCUT2D eigenvalue weighted by atomic mass is 35.5.